The van der Waals surface area contributed by atoms with Crippen LogP contribution in [-0.4, -0.2) is 19.2 Å². The first kappa shape index (κ1) is 15.6. The lowest BCUT2D eigenvalue weighted by molar-refractivity contribution is 0.0628. The van der Waals surface area contributed by atoms with E-state index in [-0.39, 0.29) is 18.7 Å². The van der Waals surface area contributed by atoms with E-state index in [1.165, 1.54) is 0 Å². The van der Waals surface area contributed by atoms with Gasteiger partial charge in [-0.05, 0) is 32.6 Å². The third-order valence-electron chi connectivity index (χ3n) is 2.12. The van der Waals surface area contributed by atoms with Crippen LogP contribution in [0.15, 0.2) is 42.4 Å². The van der Waals surface area contributed by atoms with Crippen LogP contribution in [0, 0.1) is 0 Å². The molecule has 1 rings (SSSR count). The number of carbonyl (C=O) groups is 1. The SMILES string of the molecule is C=C(OC(=O)c1ccccc1)P(=O)(OCC)OCC. The second-order valence-corrected chi connectivity index (χ2v) is 5.49. The quantitative estimate of drug-likeness (QED) is 0.435. The highest BCUT2D eigenvalue weighted by Gasteiger charge is 2.31. The number of benzene rings is 1. The highest BCUT2D eigenvalue weighted by atomic mass is 31.2. The average molecular weight is 284 g/mol. The molecule has 0 aliphatic carbocycles. The van der Waals surface area contributed by atoms with Crippen molar-refractivity contribution in [3.8, 4) is 0 Å². The molecule has 0 fully saturated rings. The molecule has 0 aliphatic rings. The predicted molar refractivity (Wildman–Crippen MR) is 71.9 cm³/mol. The Labute approximate surface area is 112 Å². The molecular weight excluding hydrogens is 267 g/mol. The van der Waals surface area contributed by atoms with E-state index in [9.17, 15) is 9.36 Å². The standard InChI is InChI=1S/C13H17O5P/c1-4-16-19(15,17-5-2)11(3)18-13(14)12-9-7-6-8-10-12/h6-10H,3-5H2,1-2H3. The first-order valence-corrected chi connectivity index (χ1v) is 7.43. The van der Waals surface area contributed by atoms with Crippen molar-refractivity contribution >= 4 is 13.6 Å². The van der Waals surface area contributed by atoms with Crippen molar-refractivity contribution in [3.05, 3.63) is 48.0 Å². The van der Waals surface area contributed by atoms with Crippen molar-refractivity contribution in [1.29, 1.82) is 0 Å². The summed E-state index contributed by atoms with van der Waals surface area (Å²) >= 11 is 0. The lowest BCUT2D eigenvalue weighted by Crippen LogP contribution is -2.07. The zero-order chi connectivity index (χ0) is 14.3. The molecule has 0 unspecified atom stereocenters. The first-order chi connectivity index (χ1) is 9.03. The van der Waals surface area contributed by atoms with Crippen LogP contribution in [-0.2, 0) is 18.3 Å². The lowest BCUT2D eigenvalue weighted by atomic mass is 10.2. The summed E-state index contributed by atoms with van der Waals surface area (Å²) < 4.78 is 27.3. The maximum Gasteiger partial charge on any atom is 0.395 e. The number of ether oxygens (including phenoxy) is 1. The summed E-state index contributed by atoms with van der Waals surface area (Å²) in [5.41, 5.74) is 0.0354. The van der Waals surface area contributed by atoms with Gasteiger partial charge in [-0.2, -0.15) is 0 Å². The van der Waals surface area contributed by atoms with E-state index in [0.29, 0.717) is 5.56 Å². The van der Waals surface area contributed by atoms with E-state index in [0.717, 1.165) is 0 Å². The van der Waals surface area contributed by atoms with Crippen LogP contribution < -0.4 is 0 Å². The largest absolute Gasteiger partial charge is 0.415 e. The van der Waals surface area contributed by atoms with Gasteiger partial charge in [-0.15, -0.1) is 0 Å². The molecule has 5 nitrogen and oxygen atoms in total. The van der Waals surface area contributed by atoms with Crippen LogP contribution in [0.2, 0.25) is 0 Å². The van der Waals surface area contributed by atoms with E-state index in [2.05, 4.69) is 6.58 Å². The molecule has 0 bridgehead atoms. The van der Waals surface area contributed by atoms with Crippen LogP contribution in [0.25, 0.3) is 0 Å². The molecule has 0 amide bonds. The van der Waals surface area contributed by atoms with Gasteiger partial charge in [-0.3, -0.25) is 4.57 Å². The maximum atomic E-state index is 12.3. The molecule has 0 heterocycles. The van der Waals surface area contributed by atoms with Gasteiger partial charge < -0.3 is 13.8 Å². The molecule has 0 saturated carbocycles. The minimum Gasteiger partial charge on any atom is -0.415 e. The van der Waals surface area contributed by atoms with Crippen molar-refractivity contribution in [2.24, 2.45) is 0 Å². The smallest absolute Gasteiger partial charge is 0.395 e. The van der Waals surface area contributed by atoms with Gasteiger partial charge in [0.1, 0.15) is 0 Å². The number of carbonyl (C=O) groups excluding carboxylic acids is 1. The predicted octanol–water partition coefficient (Wildman–Crippen LogP) is 3.58. The number of hydrogen-bond donors (Lipinski definition) is 0. The van der Waals surface area contributed by atoms with E-state index in [1.54, 1.807) is 44.2 Å². The third-order valence-corrected chi connectivity index (χ3v) is 4.02. The van der Waals surface area contributed by atoms with Crippen LogP contribution in [0.5, 0.6) is 0 Å². The molecule has 0 atom stereocenters. The molecule has 0 aliphatic heterocycles. The number of esters is 1. The van der Waals surface area contributed by atoms with Gasteiger partial charge in [0.2, 0.25) is 5.50 Å². The van der Waals surface area contributed by atoms with Crippen molar-refractivity contribution in [1.82, 2.24) is 0 Å². The highest BCUT2D eigenvalue weighted by molar-refractivity contribution is 7.58. The molecule has 1 aromatic carbocycles. The van der Waals surface area contributed by atoms with Gasteiger partial charge in [0.05, 0.1) is 18.8 Å². The van der Waals surface area contributed by atoms with Gasteiger partial charge in [0.25, 0.3) is 0 Å². The van der Waals surface area contributed by atoms with Crippen LogP contribution in [0.3, 0.4) is 0 Å². The zero-order valence-electron chi connectivity index (χ0n) is 11.0. The van der Waals surface area contributed by atoms with Crippen molar-refractivity contribution in [3.63, 3.8) is 0 Å². The molecule has 104 valence electrons. The van der Waals surface area contributed by atoms with Crippen LogP contribution >= 0.6 is 7.60 Å². The Bertz CT molecular complexity index is 473. The van der Waals surface area contributed by atoms with E-state index in [1.807, 2.05) is 0 Å². The Morgan fingerprint density at radius 2 is 1.68 bits per heavy atom. The van der Waals surface area contributed by atoms with Gasteiger partial charge in [-0.25, -0.2) is 4.79 Å². The van der Waals surface area contributed by atoms with Crippen LogP contribution in [0.1, 0.15) is 24.2 Å². The molecular formula is C13H17O5P. The number of rotatable bonds is 7. The summed E-state index contributed by atoms with van der Waals surface area (Å²) in [7, 11) is -3.62. The maximum absolute atomic E-state index is 12.3. The Hall–Kier alpha value is -1.42. The van der Waals surface area contributed by atoms with Crippen molar-refractivity contribution in [2.75, 3.05) is 13.2 Å². The molecule has 6 heteroatoms. The average Bonchev–Trinajstić information content (AvgIpc) is 2.40. The van der Waals surface area contributed by atoms with E-state index < -0.39 is 13.6 Å². The highest BCUT2D eigenvalue weighted by Crippen LogP contribution is 2.55. The fraction of sp³-hybridized carbons (Fsp3) is 0.308. The Morgan fingerprint density at radius 1 is 1.16 bits per heavy atom. The van der Waals surface area contributed by atoms with E-state index in [4.69, 9.17) is 13.8 Å². The Balaban J connectivity index is 2.78. The lowest BCUT2D eigenvalue weighted by Gasteiger charge is -2.18. The molecule has 1 aromatic rings. The normalized spacial score (nSPS) is 11.1. The summed E-state index contributed by atoms with van der Waals surface area (Å²) in [6.45, 7) is 7.13. The molecule has 0 radical (unpaired) electrons. The summed E-state index contributed by atoms with van der Waals surface area (Å²) in [6, 6.07) is 8.34. The molecule has 0 aromatic heterocycles. The summed E-state index contributed by atoms with van der Waals surface area (Å²) in [5, 5.41) is 0. The second-order valence-electron chi connectivity index (χ2n) is 3.48. The Kier molecular flexibility index (Phi) is 5.96. The van der Waals surface area contributed by atoms with Crippen LogP contribution in [0.4, 0.5) is 0 Å². The topological polar surface area (TPSA) is 61.8 Å². The summed E-state index contributed by atoms with van der Waals surface area (Å²) in [6.07, 6.45) is 0. The van der Waals surface area contributed by atoms with Gasteiger partial charge in [0, 0.05) is 0 Å². The Morgan fingerprint density at radius 3 is 2.16 bits per heavy atom. The third kappa shape index (κ3) is 4.31. The van der Waals surface area contributed by atoms with Crippen molar-refractivity contribution in [2.45, 2.75) is 13.8 Å². The first-order valence-electron chi connectivity index (χ1n) is 5.89. The fourth-order valence-corrected chi connectivity index (χ4v) is 2.55. The van der Waals surface area contributed by atoms with Gasteiger partial charge in [0.15, 0.2) is 0 Å². The van der Waals surface area contributed by atoms with E-state index >= 15 is 0 Å². The zero-order valence-corrected chi connectivity index (χ0v) is 11.9. The minimum atomic E-state index is -3.62. The minimum absolute atomic E-state index is 0.166. The van der Waals surface area contributed by atoms with Gasteiger partial charge >= 0.3 is 13.6 Å². The molecule has 0 spiro atoms. The van der Waals surface area contributed by atoms with Gasteiger partial charge in [-0.1, -0.05) is 18.2 Å². The summed E-state index contributed by atoms with van der Waals surface area (Å²) in [5.74, 6) is -0.648. The second kappa shape index (κ2) is 7.24. The number of hydrogen-bond acceptors (Lipinski definition) is 5. The van der Waals surface area contributed by atoms with Crippen molar-refractivity contribution < 1.29 is 23.1 Å². The summed E-state index contributed by atoms with van der Waals surface area (Å²) in [4.78, 5) is 11.8. The molecule has 0 N–H and O–H groups in total. The monoisotopic (exact) mass is 284 g/mol. The molecule has 0 saturated heterocycles. The fourth-order valence-electron chi connectivity index (χ4n) is 1.32. The molecule has 19 heavy (non-hydrogen) atoms.